The Labute approximate surface area is 153 Å². The minimum absolute atomic E-state index is 0. The van der Waals surface area contributed by atoms with Crippen LogP contribution in [0.1, 0.15) is 56.7 Å². The molecule has 134 valence electrons. The third-order valence-electron chi connectivity index (χ3n) is 5.04. The lowest BCUT2D eigenvalue weighted by Crippen LogP contribution is -2.52. The summed E-state index contributed by atoms with van der Waals surface area (Å²) in [6, 6.07) is 7.64. The van der Waals surface area contributed by atoms with Gasteiger partial charge in [0.2, 0.25) is 5.91 Å². The smallest absolute Gasteiger partial charge is 0.244 e. The number of H-pyrrole nitrogens is 1. The summed E-state index contributed by atoms with van der Waals surface area (Å²) in [4.78, 5) is 17.1. The molecule has 2 aromatic rings. The number of carbonyl (C=O) groups excluding carboxylic acids is 1. The highest BCUT2D eigenvalue weighted by Gasteiger charge is 2.35. The molecule has 0 unspecified atom stereocenters. The molecular formula is C18H24ClN5O. The Bertz CT molecular complexity index is 749. The first-order valence-electron chi connectivity index (χ1n) is 8.77. The quantitative estimate of drug-likeness (QED) is 0.777. The molecule has 1 amide bonds. The molecule has 2 fully saturated rings. The van der Waals surface area contributed by atoms with E-state index in [1.807, 2.05) is 24.3 Å². The lowest BCUT2D eigenvalue weighted by molar-refractivity contribution is -0.122. The van der Waals surface area contributed by atoms with Crippen LogP contribution in [0.2, 0.25) is 0 Å². The van der Waals surface area contributed by atoms with E-state index in [1.54, 1.807) is 0 Å². The number of halogens is 1. The average molecular weight is 362 g/mol. The number of nitrogens with one attached hydrogen (secondary N) is 2. The molecule has 1 aromatic carbocycles. The normalized spacial score (nSPS) is 19.1. The Balaban J connectivity index is 0.00000182. The Morgan fingerprint density at radius 3 is 2.72 bits per heavy atom. The van der Waals surface area contributed by atoms with Gasteiger partial charge >= 0.3 is 0 Å². The Kier molecular flexibility index (Phi) is 5.11. The summed E-state index contributed by atoms with van der Waals surface area (Å²) in [5, 5.41) is 10.3. The van der Waals surface area contributed by atoms with Crippen molar-refractivity contribution >= 4 is 24.0 Å². The molecule has 0 atom stereocenters. The Hall–Kier alpha value is -1.92. The number of aromatic nitrogens is 3. The van der Waals surface area contributed by atoms with Gasteiger partial charge in [-0.05, 0) is 37.8 Å². The van der Waals surface area contributed by atoms with Crippen molar-refractivity contribution in [2.24, 2.45) is 5.73 Å². The number of nitrogens with zero attached hydrogens (tertiary/aromatic N) is 2. The highest BCUT2D eigenvalue weighted by molar-refractivity contribution is 5.98. The first-order chi connectivity index (χ1) is 11.6. The first-order valence-corrected chi connectivity index (χ1v) is 8.77. The van der Waals surface area contributed by atoms with E-state index in [4.69, 9.17) is 5.73 Å². The van der Waals surface area contributed by atoms with Gasteiger partial charge in [-0.25, -0.2) is 4.98 Å². The molecule has 0 saturated heterocycles. The average Bonchev–Trinajstić information content (AvgIpc) is 3.33. The van der Waals surface area contributed by atoms with Crippen molar-refractivity contribution in [3.8, 4) is 11.4 Å². The standard InChI is InChI=1S/C18H23N5O.ClH/c19-18(9-2-1-3-10-18)17(24)20-14-6-4-5-13(11-14)16-21-15(22-23-16)12-7-8-12;/h4-6,11-12H,1-3,7-10,19H2,(H,20,24)(H,21,22,23);1H. The second kappa shape index (κ2) is 7.14. The van der Waals surface area contributed by atoms with Crippen LogP contribution in [-0.4, -0.2) is 26.6 Å². The minimum Gasteiger partial charge on any atom is -0.324 e. The molecule has 0 aliphatic heterocycles. The molecule has 6 nitrogen and oxygen atoms in total. The summed E-state index contributed by atoms with van der Waals surface area (Å²) in [6.45, 7) is 0. The van der Waals surface area contributed by atoms with Gasteiger partial charge in [-0.15, -0.1) is 12.4 Å². The molecule has 1 heterocycles. The van der Waals surface area contributed by atoms with E-state index in [1.165, 1.54) is 12.8 Å². The highest BCUT2D eigenvalue weighted by Crippen LogP contribution is 2.38. The lowest BCUT2D eigenvalue weighted by Gasteiger charge is -2.31. The van der Waals surface area contributed by atoms with E-state index in [0.29, 0.717) is 11.7 Å². The second-order valence-electron chi connectivity index (χ2n) is 7.07. The maximum atomic E-state index is 12.6. The maximum absolute atomic E-state index is 12.6. The highest BCUT2D eigenvalue weighted by atomic mass is 35.5. The molecule has 4 N–H and O–H groups in total. The molecule has 2 aliphatic rings. The number of amides is 1. The van der Waals surface area contributed by atoms with Crippen molar-refractivity contribution in [2.45, 2.75) is 56.4 Å². The summed E-state index contributed by atoms with van der Waals surface area (Å²) in [6.07, 6.45) is 7.08. The molecular weight excluding hydrogens is 338 g/mol. The second-order valence-corrected chi connectivity index (χ2v) is 7.07. The van der Waals surface area contributed by atoms with Crippen molar-refractivity contribution in [3.05, 3.63) is 30.1 Å². The fraction of sp³-hybridized carbons (Fsp3) is 0.500. The Morgan fingerprint density at radius 2 is 2.00 bits per heavy atom. The van der Waals surface area contributed by atoms with E-state index in [9.17, 15) is 4.79 Å². The molecule has 7 heteroatoms. The van der Waals surface area contributed by atoms with E-state index in [0.717, 1.165) is 49.2 Å². The topological polar surface area (TPSA) is 96.7 Å². The van der Waals surface area contributed by atoms with Crippen LogP contribution in [0.25, 0.3) is 11.4 Å². The first kappa shape index (κ1) is 17.9. The van der Waals surface area contributed by atoms with Crippen LogP contribution in [0.4, 0.5) is 5.69 Å². The van der Waals surface area contributed by atoms with E-state index in [-0.39, 0.29) is 18.3 Å². The number of anilines is 1. The number of nitrogens with two attached hydrogens (primary N) is 1. The van der Waals surface area contributed by atoms with Crippen LogP contribution in [0.15, 0.2) is 24.3 Å². The number of carbonyl (C=O) groups is 1. The largest absolute Gasteiger partial charge is 0.324 e. The van der Waals surface area contributed by atoms with E-state index >= 15 is 0 Å². The summed E-state index contributed by atoms with van der Waals surface area (Å²) in [5.74, 6) is 2.08. The molecule has 0 bridgehead atoms. The third-order valence-corrected chi connectivity index (χ3v) is 5.04. The van der Waals surface area contributed by atoms with Crippen LogP contribution in [0, 0.1) is 0 Å². The summed E-state index contributed by atoms with van der Waals surface area (Å²) in [7, 11) is 0. The van der Waals surface area contributed by atoms with Crippen molar-refractivity contribution in [3.63, 3.8) is 0 Å². The van der Waals surface area contributed by atoms with Gasteiger partial charge in [0.15, 0.2) is 5.82 Å². The lowest BCUT2D eigenvalue weighted by atomic mass is 9.82. The van der Waals surface area contributed by atoms with Crippen molar-refractivity contribution in [2.75, 3.05) is 5.32 Å². The minimum atomic E-state index is -0.738. The van der Waals surface area contributed by atoms with Crippen molar-refractivity contribution < 1.29 is 4.79 Å². The third kappa shape index (κ3) is 3.85. The number of benzene rings is 1. The van der Waals surface area contributed by atoms with Crippen LogP contribution >= 0.6 is 12.4 Å². The SMILES string of the molecule is Cl.NC1(C(=O)Nc2cccc(-c3n[nH]c(C4CC4)n3)c2)CCCCC1. The number of aromatic amines is 1. The summed E-state index contributed by atoms with van der Waals surface area (Å²) < 4.78 is 0. The fourth-order valence-electron chi connectivity index (χ4n) is 3.34. The van der Waals surface area contributed by atoms with Gasteiger partial charge < -0.3 is 11.1 Å². The molecule has 1 aromatic heterocycles. The zero-order valence-corrected chi connectivity index (χ0v) is 14.9. The maximum Gasteiger partial charge on any atom is 0.244 e. The Morgan fingerprint density at radius 1 is 1.24 bits per heavy atom. The predicted molar refractivity (Wildman–Crippen MR) is 99.7 cm³/mol. The van der Waals surface area contributed by atoms with E-state index in [2.05, 4.69) is 20.5 Å². The van der Waals surface area contributed by atoms with Crippen LogP contribution < -0.4 is 11.1 Å². The van der Waals surface area contributed by atoms with Crippen LogP contribution in [-0.2, 0) is 4.79 Å². The molecule has 4 rings (SSSR count). The number of hydrogen-bond donors (Lipinski definition) is 3. The van der Waals surface area contributed by atoms with Gasteiger partial charge in [0.25, 0.3) is 0 Å². The predicted octanol–water partition coefficient (Wildman–Crippen LogP) is 3.37. The van der Waals surface area contributed by atoms with Gasteiger partial charge in [-0.1, -0.05) is 31.4 Å². The molecule has 2 saturated carbocycles. The van der Waals surface area contributed by atoms with Crippen LogP contribution in [0.3, 0.4) is 0 Å². The van der Waals surface area contributed by atoms with Gasteiger partial charge in [0.1, 0.15) is 5.82 Å². The van der Waals surface area contributed by atoms with Gasteiger partial charge in [0, 0.05) is 17.2 Å². The molecule has 0 radical (unpaired) electrons. The monoisotopic (exact) mass is 361 g/mol. The van der Waals surface area contributed by atoms with Crippen molar-refractivity contribution in [1.82, 2.24) is 15.2 Å². The zero-order valence-electron chi connectivity index (χ0n) is 14.1. The number of rotatable bonds is 4. The number of hydrogen-bond acceptors (Lipinski definition) is 4. The van der Waals surface area contributed by atoms with Crippen LogP contribution in [0.5, 0.6) is 0 Å². The summed E-state index contributed by atoms with van der Waals surface area (Å²) in [5.41, 5.74) is 7.20. The molecule has 2 aliphatic carbocycles. The van der Waals surface area contributed by atoms with Gasteiger partial charge in [0.05, 0.1) is 5.54 Å². The molecule has 25 heavy (non-hydrogen) atoms. The molecule has 0 spiro atoms. The fourth-order valence-corrected chi connectivity index (χ4v) is 3.34. The van der Waals surface area contributed by atoms with Gasteiger partial charge in [-0.3, -0.25) is 9.89 Å². The van der Waals surface area contributed by atoms with Crippen molar-refractivity contribution in [1.29, 1.82) is 0 Å². The zero-order chi connectivity index (χ0) is 16.6. The summed E-state index contributed by atoms with van der Waals surface area (Å²) >= 11 is 0. The van der Waals surface area contributed by atoms with E-state index < -0.39 is 5.54 Å². The van der Waals surface area contributed by atoms with Gasteiger partial charge in [-0.2, -0.15) is 5.10 Å².